The molecule has 0 atom stereocenters. The second-order valence-electron chi connectivity index (χ2n) is 32.3. The number of fused-ring (bicyclic) bond motifs is 29. The van der Waals surface area contributed by atoms with Crippen LogP contribution in [0.2, 0.25) is 0 Å². The zero-order valence-electron chi connectivity index (χ0n) is 67.0. The second-order valence-corrected chi connectivity index (χ2v) is 32.3. The highest BCUT2D eigenvalue weighted by Gasteiger charge is 2.20. The van der Waals surface area contributed by atoms with Crippen LogP contribution in [0.5, 0.6) is 0 Å². The van der Waals surface area contributed by atoms with Crippen molar-refractivity contribution in [3.63, 3.8) is 0 Å². The van der Waals surface area contributed by atoms with Gasteiger partial charge in [0.15, 0.2) is 0 Å². The van der Waals surface area contributed by atoms with E-state index in [2.05, 4.69) is 473 Å². The van der Waals surface area contributed by atoms with Gasteiger partial charge in [-0.25, -0.2) is 0 Å². The summed E-state index contributed by atoms with van der Waals surface area (Å²) < 4.78 is 0. The first-order valence-corrected chi connectivity index (χ1v) is 42.3. The first-order chi connectivity index (χ1) is 60.5. The van der Waals surface area contributed by atoms with E-state index in [0.29, 0.717) is 0 Å². The molecule has 0 heterocycles. The van der Waals surface area contributed by atoms with Crippen molar-refractivity contribution in [3.05, 3.63) is 473 Å². The van der Waals surface area contributed by atoms with Crippen LogP contribution in [0.1, 0.15) is 0 Å². The molecule has 0 aromatic heterocycles. The molecule has 0 radical (unpaired) electrons. The lowest BCUT2D eigenvalue weighted by Crippen LogP contribution is -1.89. The Balaban J connectivity index is 0.0000000955. The molecule has 0 aliphatic carbocycles. The molecule has 0 aliphatic heterocycles. The molecule has 0 N–H and O–H groups in total. The van der Waals surface area contributed by atoms with Gasteiger partial charge in [0.05, 0.1) is 0 Å². The molecule has 0 saturated carbocycles. The lowest BCUT2D eigenvalue weighted by molar-refractivity contribution is 1.64. The molecule has 0 fully saturated rings. The summed E-state index contributed by atoms with van der Waals surface area (Å²) in [5.41, 5.74) is 12.7. The van der Waals surface area contributed by atoms with E-state index in [1.807, 2.05) is 0 Å². The normalized spacial score (nSPS) is 11.6. The molecule has 26 aromatic rings. The van der Waals surface area contributed by atoms with Crippen LogP contribution >= 0.6 is 0 Å². The fraction of sp³-hybridized carbons (Fsp3) is 0. The quantitative estimate of drug-likeness (QED) is 0.119. The van der Waals surface area contributed by atoms with Crippen molar-refractivity contribution in [1.29, 1.82) is 0 Å². The van der Waals surface area contributed by atoms with Gasteiger partial charge >= 0.3 is 0 Å². The number of benzene rings is 26. The van der Waals surface area contributed by atoms with Crippen molar-refractivity contribution in [3.8, 4) is 55.6 Å². The Morgan fingerprint density at radius 2 is 0.303 bits per heavy atom. The minimum Gasteiger partial charge on any atom is -0.0622 e. The third kappa shape index (κ3) is 12.5. The Kier molecular flexibility index (Phi) is 17.7. The average molecular weight is 1540 g/mol. The Labute approximate surface area is 706 Å². The molecule has 0 nitrogen and oxygen atoms in total. The standard InChI is InChI=1S/C36H22.C34H22.C28H18.C24H16/c1-2-10-24-19-27(18-17-23(24)9-1)32-22-35-29-14-6-5-13-28(29)33-20-25-11-3-4-12-26(25)21-34(33)36(35)31-16-8-7-15-30(31)32;1-2-8-23(9-3-1)26-16-14-24-15-17-27(21-28(24)20-26)33-22-34-29-11-5-4-10-25(29)18-19-32(34)30-12-6-7-13-31(30)33;1-2-10-19(11-3-1)26-18-27-22-14-5-4-12-20(22)21-13-6-8-16-24(21)28(27)25-17-9-7-15-23(25)26;1-2-8-17(9-3-1)23-16-24-19-11-5-4-10-18(19)14-15-22(24)20-12-6-7-13-21(20)23/h1-22H;1-22H;1-18H;1-16H. The average Bonchev–Trinajstić information content (AvgIpc) is 0.724. The Bertz CT molecular complexity index is 8680. The van der Waals surface area contributed by atoms with Crippen LogP contribution in [0.15, 0.2) is 473 Å². The fourth-order valence-corrected chi connectivity index (χ4v) is 19.8. The van der Waals surface area contributed by atoms with E-state index in [1.165, 1.54) is 239 Å². The van der Waals surface area contributed by atoms with Crippen LogP contribution in [0.3, 0.4) is 0 Å². The minimum absolute atomic E-state index is 1.25. The maximum Gasteiger partial charge on any atom is -0.00197 e. The molecule has 0 amide bonds. The van der Waals surface area contributed by atoms with E-state index < -0.39 is 0 Å². The lowest BCUT2D eigenvalue weighted by Gasteiger charge is -2.17. The van der Waals surface area contributed by atoms with E-state index in [-0.39, 0.29) is 0 Å². The number of hydrogen-bond acceptors (Lipinski definition) is 0. The van der Waals surface area contributed by atoms with Crippen molar-refractivity contribution in [2.45, 2.75) is 0 Å². The molecule has 26 aromatic carbocycles. The van der Waals surface area contributed by atoms with Crippen LogP contribution in [-0.2, 0) is 0 Å². The summed E-state index contributed by atoms with van der Waals surface area (Å²) in [6, 6.07) is 172. The van der Waals surface area contributed by atoms with Gasteiger partial charge in [-0.05, 0) is 293 Å². The van der Waals surface area contributed by atoms with Gasteiger partial charge < -0.3 is 0 Å². The maximum absolute atomic E-state index is 2.43. The fourth-order valence-electron chi connectivity index (χ4n) is 19.8. The highest BCUT2D eigenvalue weighted by atomic mass is 14.2. The van der Waals surface area contributed by atoms with Gasteiger partial charge in [-0.15, -0.1) is 0 Å². The Hall–Kier alpha value is -15.9. The van der Waals surface area contributed by atoms with E-state index >= 15 is 0 Å². The van der Waals surface area contributed by atoms with Crippen LogP contribution in [0, 0.1) is 0 Å². The van der Waals surface area contributed by atoms with Crippen molar-refractivity contribution in [1.82, 2.24) is 0 Å². The van der Waals surface area contributed by atoms with Gasteiger partial charge in [0.1, 0.15) is 0 Å². The van der Waals surface area contributed by atoms with Crippen molar-refractivity contribution >= 4 is 183 Å². The predicted molar refractivity (Wildman–Crippen MR) is 531 cm³/mol. The first-order valence-electron chi connectivity index (χ1n) is 42.3. The molecule has 0 heteroatoms. The summed E-state index contributed by atoms with van der Waals surface area (Å²) >= 11 is 0. The summed E-state index contributed by atoms with van der Waals surface area (Å²) in [6.07, 6.45) is 0. The molecule has 566 valence electrons. The Morgan fingerprint density at radius 1 is 0.0820 bits per heavy atom. The van der Waals surface area contributed by atoms with Crippen LogP contribution in [0.4, 0.5) is 0 Å². The van der Waals surface area contributed by atoms with Crippen LogP contribution in [-0.4, -0.2) is 0 Å². The zero-order chi connectivity index (χ0) is 80.6. The highest BCUT2D eigenvalue weighted by Crippen LogP contribution is 2.48. The van der Waals surface area contributed by atoms with Gasteiger partial charge in [0, 0.05) is 0 Å². The topological polar surface area (TPSA) is 0 Å². The molecule has 26 rings (SSSR count). The van der Waals surface area contributed by atoms with Gasteiger partial charge in [-0.2, -0.15) is 0 Å². The molecule has 0 aliphatic rings. The summed E-state index contributed by atoms with van der Waals surface area (Å²) in [5.74, 6) is 0. The zero-order valence-corrected chi connectivity index (χ0v) is 67.0. The molecule has 0 bridgehead atoms. The lowest BCUT2D eigenvalue weighted by atomic mass is 9.86. The molecule has 122 heavy (non-hydrogen) atoms. The third-order valence-corrected chi connectivity index (χ3v) is 25.5. The molecular formula is C122H78. The van der Waals surface area contributed by atoms with E-state index in [0.717, 1.165) is 0 Å². The third-order valence-electron chi connectivity index (χ3n) is 25.5. The molecule has 0 spiro atoms. The SMILES string of the molecule is c1ccc(-c2cc3c4ccccc4c4ccccc4c3c3ccccc23)cc1.c1ccc(-c2cc3c4ccccc4ccc3c3ccccc23)cc1.c1ccc(-c2ccc3ccc(-c4cc5c6ccccc6ccc5c5ccccc45)cc3c2)cc1.c1ccc2cc(-c3cc4c5ccccc5c5cc6ccccc6cc5c4c4ccccc34)ccc2c1. The van der Waals surface area contributed by atoms with Crippen molar-refractivity contribution < 1.29 is 0 Å². The summed E-state index contributed by atoms with van der Waals surface area (Å²) in [4.78, 5) is 0. The van der Waals surface area contributed by atoms with Gasteiger partial charge in [0.2, 0.25) is 0 Å². The minimum atomic E-state index is 1.25. The molecule has 0 unspecified atom stereocenters. The Morgan fingerprint density at radius 3 is 0.746 bits per heavy atom. The largest absolute Gasteiger partial charge is 0.0622 e. The maximum atomic E-state index is 2.43. The van der Waals surface area contributed by atoms with Gasteiger partial charge in [0.25, 0.3) is 0 Å². The summed E-state index contributed by atoms with van der Waals surface area (Å²) in [7, 11) is 0. The van der Waals surface area contributed by atoms with Gasteiger partial charge in [-0.1, -0.05) is 419 Å². The molecular weight excluding hydrogens is 1470 g/mol. The first kappa shape index (κ1) is 71.5. The smallest absolute Gasteiger partial charge is 0.00197 e. The van der Waals surface area contributed by atoms with Crippen LogP contribution < -0.4 is 0 Å². The second kappa shape index (κ2) is 30.3. The monoisotopic (exact) mass is 1540 g/mol. The predicted octanol–water partition coefficient (Wildman–Crippen LogP) is 34.7. The van der Waals surface area contributed by atoms with E-state index in [4.69, 9.17) is 0 Å². The van der Waals surface area contributed by atoms with Crippen molar-refractivity contribution in [2.24, 2.45) is 0 Å². The van der Waals surface area contributed by atoms with Crippen molar-refractivity contribution in [2.75, 3.05) is 0 Å². The molecule has 0 saturated heterocycles. The van der Waals surface area contributed by atoms with Crippen LogP contribution in [0.25, 0.3) is 239 Å². The summed E-state index contributed by atoms with van der Waals surface area (Å²) in [5, 5.41) is 44.4. The highest BCUT2D eigenvalue weighted by molar-refractivity contribution is 6.36. The number of hydrogen-bond donors (Lipinski definition) is 0. The van der Waals surface area contributed by atoms with E-state index in [9.17, 15) is 0 Å². The summed E-state index contributed by atoms with van der Waals surface area (Å²) in [6.45, 7) is 0. The van der Waals surface area contributed by atoms with Gasteiger partial charge in [-0.3, -0.25) is 0 Å². The number of rotatable bonds is 5. The van der Waals surface area contributed by atoms with E-state index in [1.54, 1.807) is 0 Å².